The smallest absolute Gasteiger partial charge is 0.399 e. The topological polar surface area (TPSA) is 180 Å². The van der Waals surface area contributed by atoms with E-state index in [0.29, 0.717) is 0 Å². The molecule has 0 aliphatic rings. The molecule has 0 bridgehead atoms. The lowest BCUT2D eigenvalue weighted by Crippen LogP contribution is -2.02. The van der Waals surface area contributed by atoms with Crippen LogP contribution in [0, 0.1) is 0 Å². The fourth-order valence-corrected chi connectivity index (χ4v) is 0.884. The van der Waals surface area contributed by atoms with E-state index in [2.05, 4.69) is 17.8 Å². The minimum absolute atomic E-state index is 0.468. The van der Waals surface area contributed by atoms with Crippen LogP contribution in [0.1, 0.15) is 0 Å². The molecule has 0 aromatic heterocycles. The first kappa shape index (κ1) is 30.4. The van der Waals surface area contributed by atoms with Gasteiger partial charge in [0.1, 0.15) is 0 Å². The van der Waals surface area contributed by atoms with Gasteiger partial charge in [0.15, 0.2) is 0 Å². The largest absolute Gasteiger partial charge is 0.478 e. The van der Waals surface area contributed by atoms with Gasteiger partial charge in [0.25, 0.3) is 0 Å². The Kier molecular flexibility index (Phi) is 20.4. The maximum Gasteiger partial charge on any atom is 0.399 e. The van der Waals surface area contributed by atoms with E-state index in [0.717, 1.165) is 38.5 Å². The average molecular weight is 438 g/mol. The van der Waals surface area contributed by atoms with Gasteiger partial charge in [-0.1, -0.05) is 24.3 Å². The molecule has 0 radical (unpaired) electrons. The number of esters is 2. The first-order chi connectivity index (χ1) is 13.4. The number of carbonyl (C=O) groups is 4. The maximum atomic E-state index is 10.5. The van der Waals surface area contributed by atoms with E-state index >= 15 is 0 Å². The standard InChI is InChI=1S/C8H10O4.C6H6O4.C2H6O4S/c1-11-7(9)5-3-4-6-8(10)12-2;7-5(8)3-1-2-4-6(9)10;1-5-7(3,4)6-2/h3-6H,1-2H3;1-4H,(H,7,8)(H,9,10);1-2H3/b5-3-,6-4-;3-1-,4-2-;. The van der Waals surface area contributed by atoms with E-state index in [1.54, 1.807) is 0 Å². The van der Waals surface area contributed by atoms with Crippen molar-refractivity contribution in [2.45, 2.75) is 0 Å². The van der Waals surface area contributed by atoms with E-state index in [4.69, 9.17) is 10.2 Å². The molecule has 0 aromatic carbocycles. The summed E-state index contributed by atoms with van der Waals surface area (Å²) < 4.78 is 36.1. The molecule has 164 valence electrons. The van der Waals surface area contributed by atoms with Crippen LogP contribution in [0.25, 0.3) is 0 Å². The average Bonchev–Trinajstić information content (AvgIpc) is 2.68. The molecule has 0 rings (SSSR count). The molecule has 0 fully saturated rings. The van der Waals surface area contributed by atoms with Crippen molar-refractivity contribution in [1.82, 2.24) is 0 Å². The number of rotatable bonds is 8. The van der Waals surface area contributed by atoms with Crippen molar-refractivity contribution in [2.24, 2.45) is 0 Å². The van der Waals surface area contributed by atoms with Crippen molar-refractivity contribution in [2.75, 3.05) is 28.4 Å². The van der Waals surface area contributed by atoms with Gasteiger partial charge < -0.3 is 19.7 Å². The van der Waals surface area contributed by atoms with Crippen LogP contribution < -0.4 is 0 Å². The molecule has 0 atom stereocenters. The van der Waals surface area contributed by atoms with Crippen molar-refractivity contribution in [3.8, 4) is 0 Å². The summed E-state index contributed by atoms with van der Waals surface area (Å²) >= 11 is 0. The fraction of sp³-hybridized carbons (Fsp3) is 0.250. The van der Waals surface area contributed by atoms with Crippen molar-refractivity contribution in [3.63, 3.8) is 0 Å². The third-order valence-corrected chi connectivity index (χ3v) is 2.79. The SMILES string of the molecule is COC(=O)/C=C\C=C/C(=O)OC.COS(=O)(=O)OC.O=C(O)/C=C\C=C/C(=O)O. The summed E-state index contributed by atoms with van der Waals surface area (Å²) in [6.45, 7) is 0. The fourth-order valence-electron chi connectivity index (χ4n) is 0.748. The normalized spacial score (nSPS) is 10.9. The molecule has 0 aliphatic carbocycles. The zero-order valence-corrected chi connectivity index (χ0v) is 16.8. The number of hydrogen-bond acceptors (Lipinski definition) is 10. The van der Waals surface area contributed by atoms with E-state index in [1.807, 2.05) is 0 Å². The van der Waals surface area contributed by atoms with Gasteiger partial charge in [-0.2, -0.15) is 8.42 Å². The Balaban J connectivity index is -0.000000362. The van der Waals surface area contributed by atoms with Crippen LogP contribution >= 0.6 is 0 Å². The Labute approximate surface area is 167 Å². The number of methoxy groups -OCH3 is 2. The highest BCUT2D eigenvalue weighted by atomic mass is 32.3. The van der Waals surface area contributed by atoms with Gasteiger partial charge in [-0.15, -0.1) is 0 Å². The van der Waals surface area contributed by atoms with Crippen LogP contribution in [-0.4, -0.2) is 70.9 Å². The van der Waals surface area contributed by atoms with Gasteiger partial charge in [-0.25, -0.2) is 19.2 Å². The third-order valence-electron chi connectivity index (χ3n) is 1.98. The first-order valence-corrected chi connectivity index (χ1v) is 8.46. The lowest BCUT2D eigenvalue weighted by molar-refractivity contribution is -0.135. The number of aliphatic carboxylic acids is 2. The predicted molar refractivity (Wildman–Crippen MR) is 98.8 cm³/mol. The van der Waals surface area contributed by atoms with E-state index in [1.165, 1.54) is 38.5 Å². The van der Waals surface area contributed by atoms with Crippen LogP contribution in [0.5, 0.6) is 0 Å². The van der Waals surface area contributed by atoms with Gasteiger partial charge in [0, 0.05) is 24.3 Å². The molecule has 0 aromatic rings. The maximum absolute atomic E-state index is 10.5. The zero-order chi connectivity index (χ0) is 23.3. The third kappa shape index (κ3) is 29.7. The minimum atomic E-state index is -3.66. The van der Waals surface area contributed by atoms with Crippen LogP contribution in [-0.2, 0) is 47.4 Å². The van der Waals surface area contributed by atoms with Gasteiger partial charge in [-0.05, 0) is 0 Å². The van der Waals surface area contributed by atoms with Gasteiger partial charge in [0.05, 0.1) is 28.4 Å². The molecule has 0 aliphatic heterocycles. The molecule has 0 heterocycles. The molecule has 0 saturated carbocycles. The molecule has 12 nitrogen and oxygen atoms in total. The van der Waals surface area contributed by atoms with E-state index in [-0.39, 0.29) is 0 Å². The molecule has 0 amide bonds. The molecular weight excluding hydrogens is 416 g/mol. The van der Waals surface area contributed by atoms with Gasteiger partial charge in [-0.3, -0.25) is 8.37 Å². The Bertz CT molecular complexity index is 673. The van der Waals surface area contributed by atoms with Crippen molar-refractivity contribution in [3.05, 3.63) is 48.6 Å². The lowest BCUT2D eigenvalue weighted by Gasteiger charge is -1.91. The molecule has 0 saturated heterocycles. The number of allylic oxidation sites excluding steroid dienone is 4. The van der Waals surface area contributed by atoms with Crippen molar-refractivity contribution in [1.29, 1.82) is 0 Å². The molecule has 0 unspecified atom stereocenters. The second-order valence-electron chi connectivity index (χ2n) is 3.90. The number of carboxylic acids is 2. The number of carboxylic acid groups (broad SMARTS) is 2. The summed E-state index contributed by atoms with van der Waals surface area (Å²) in [6, 6.07) is 0. The summed E-state index contributed by atoms with van der Waals surface area (Å²) in [5, 5.41) is 16.0. The number of hydrogen-bond donors (Lipinski definition) is 2. The van der Waals surface area contributed by atoms with E-state index in [9.17, 15) is 27.6 Å². The Hall–Kier alpha value is -3.29. The minimum Gasteiger partial charge on any atom is -0.478 e. The first-order valence-electron chi connectivity index (χ1n) is 7.13. The van der Waals surface area contributed by atoms with Crippen molar-refractivity contribution < 1.29 is 55.6 Å². The summed E-state index contributed by atoms with van der Waals surface area (Å²) in [6.07, 6.45) is 9.14. The van der Waals surface area contributed by atoms with Crippen LogP contribution in [0.2, 0.25) is 0 Å². The van der Waals surface area contributed by atoms with Crippen LogP contribution in [0.3, 0.4) is 0 Å². The molecule has 2 N–H and O–H groups in total. The Morgan fingerprint density at radius 2 is 0.897 bits per heavy atom. The zero-order valence-electron chi connectivity index (χ0n) is 16.0. The van der Waals surface area contributed by atoms with E-state index < -0.39 is 34.3 Å². The van der Waals surface area contributed by atoms with Gasteiger partial charge >= 0.3 is 34.3 Å². The summed E-state index contributed by atoms with van der Waals surface area (Å²) in [7, 11) is 0.945. The highest BCUT2D eigenvalue weighted by Gasteiger charge is 2.01. The Morgan fingerprint density at radius 1 is 0.621 bits per heavy atom. The van der Waals surface area contributed by atoms with Crippen LogP contribution in [0.4, 0.5) is 0 Å². The molecule has 29 heavy (non-hydrogen) atoms. The Morgan fingerprint density at radius 3 is 1.07 bits per heavy atom. The monoisotopic (exact) mass is 438 g/mol. The second-order valence-corrected chi connectivity index (χ2v) is 5.38. The second kappa shape index (κ2) is 19.5. The quantitative estimate of drug-likeness (QED) is 0.300. The molecular formula is C16H22O12S. The summed E-state index contributed by atoms with van der Waals surface area (Å²) in [5.41, 5.74) is 0. The molecule has 0 spiro atoms. The highest BCUT2D eigenvalue weighted by molar-refractivity contribution is 7.81. The van der Waals surface area contributed by atoms with Crippen LogP contribution in [0.15, 0.2) is 48.6 Å². The lowest BCUT2D eigenvalue weighted by atomic mass is 10.4. The number of ether oxygens (including phenoxy) is 2. The van der Waals surface area contributed by atoms with Gasteiger partial charge in [0.2, 0.25) is 0 Å². The van der Waals surface area contributed by atoms with Crippen molar-refractivity contribution >= 4 is 34.3 Å². The summed E-state index contributed by atoms with van der Waals surface area (Å²) in [5.74, 6) is -3.14. The number of carbonyl (C=O) groups excluding carboxylic acids is 2. The molecule has 13 heteroatoms. The summed E-state index contributed by atoms with van der Waals surface area (Å²) in [4.78, 5) is 40.5. The highest BCUT2D eigenvalue weighted by Crippen LogP contribution is 1.86. The predicted octanol–water partition coefficient (Wildman–Crippen LogP) is 0.237.